The van der Waals surface area contributed by atoms with Gasteiger partial charge in [0.05, 0.1) is 6.04 Å². The van der Waals surface area contributed by atoms with Crippen molar-refractivity contribution in [1.82, 2.24) is 0 Å². The van der Waals surface area contributed by atoms with Crippen LogP contribution in [0.4, 0.5) is 5.69 Å². The standard InChI is InChI=1S/C22H23NO/c1-3-13-24-17-10-8-16(9-11-17)22-19-6-4-5-18(19)20-14-15(2)7-12-21(20)23-22/h3-5,7-12,14,18-19,22-23H,1,6,13H2,2H3/t18-,19+,22+/m1/s1. The van der Waals surface area contributed by atoms with Crippen molar-refractivity contribution in [1.29, 1.82) is 0 Å². The summed E-state index contributed by atoms with van der Waals surface area (Å²) in [6.45, 7) is 6.40. The first-order valence-corrected chi connectivity index (χ1v) is 8.63. The Balaban J connectivity index is 1.64. The Morgan fingerprint density at radius 2 is 2.04 bits per heavy atom. The van der Waals surface area contributed by atoms with E-state index in [1.165, 1.54) is 22.4 Å². The molecule has 0 amide bonds. The normalized spacial score (nSPS) is 24.0. The zero-order valence-electron chi connectivity index (χ0n) is 14.0. The van der Waals surface area contributed by atoms with Crippen molar-refractivity contribution >= 4 is 5.69 Å². The second-order valence-electron chi connectivity index (χ2n) is 6.73. The number of ether oxygens (including phenoxy) is 1. The van der Waals surface area contributed by atoms with E-state index in [0.717, 1.165) is 12.2 Å². The second-order valence-corrected chi connectivity index (χ2v) is 6.73. The number of nitrogens with one attached hydrogen (secondary N) is 1. The summed E-state index contributed by atoms with van der Waals surface area (Å²) in [7, 11) is 0. The number of fused-ring (bicyclic) bond motifs is 3. The molecule has 2 nitrogen and oxygen atoms in total. The fourth-order valence-electron chi connectivity index (χ4n) is 3.97. The van der Waals surface area contributed by atoms with Crippen LogP contribution in [0.2, 0.25) is 0 Å². The number of aryl methyl sites for hydroxylation is 1. The smallest absolute Gasteiger partial charge is 0.119 e. The lowest BCUT2D eigenvalue weighted by Gasteiger charge is -2.37. The third-order valence-corrected chi connectivity index (χ3v) is 5.13. The Labute approximate surface area is 143 Å². The molecule has 1 aliphatic carbocycles. The van der Waals surface area contributed by atoms with Gasteiger partial charge in [0.2, 0.25) is 0 Å². The van der Waals surface area contributed by atoms with Crippen LogP contribution in [0.1, 0.15) is 35.1 Å². The molecule has 0 bridgehead atoms. The first kappa shape index (κ1) is 15.1. The number of rotatable bonds is 4. The first-order chi connectivity index (χ1) is 11.8. The predicted molar refractivity (Wildman–Crippen MR) is 99.7 cm³/mol. The molecule has 24 heavy (non-hydrogen) atoms. The van der Waals surface area contributed by atoms with E-state index in [-0.39, 0.29) is 0 Å². The van der Waals surface area contributed by atoms with E-state index in [1.54, 1.807) is 6.08 Å². The fraction of sp³-hybridized carbons (Fsp3) is 0.273. The third-order valence-electron chi connectivity index (χ3n) is 5.13. The van der Waals surface area contributed by atoms with Gasteiger partial charge in [-0.05, 0) is 48.6 Å². The molecule has 1 N–H and O–H groups in total. The Morgan fingerprint density at radius 3 is 2.83 bits per heavy atom. The van der Waals surface area contributed by atoms with Gasteiger partial charge < -0.3 is 10.1 Å². The van der Waals surface area contributed by atoms with Crippen LogP contribution in [0, 0.1) is 12.8 Å². The Kier molecular flexibility index (Phi) is 3.89. The minimum absolute atomic E-state index is 0.341. The molecule has 0 radical (unpaired) electrons. The second kappa shape index (κ2) is 6.20. The number of hydrogen-bond acceptors (Lipinski definition) is 2. The van der Waals surface area contributed by atoms with Crippen molar-refractivity contribution < 1.29 is 4.74 Å². The van der Waals surface area contributed by atoms with Gasteiger partial charge in [0, 0.05) is 11.6 Å². The summed E-state index contributed by atoms with van der Waals surface area (Å²) in [6.07, 6.45) is 7.62. The molecule has 0 saturated heterocycles. The summed E-state index contributed by atoms with van der Waals surface area (Å²) >= 11 is 0. The summed E-state index contributed by atoms with van der Waals surface area (Å²) in [6, 6.07) is 15.6. The third kappa shape index (κ3) is 2.62. The van der Waals surface area contributed by atoms with E-state index in [1.807, 2.05) is 0 Å². The van der Waals surface area contributed by atoms with Crippen LogP contribution in [-0.4, -0.2) is 6.61 Å². The van der Waals surface area contributed by atoms with Crippen LogP contribution in [0.5, 0.6) is 5.75 Å². The van der Waals surface area contributed by atoms with Gasteiger partial charge in [-0.2, -0.15) is 0 Å². The van der Waals surface area contributed by atoms with Crippen LogP contribution in [0.3, 0.4) is 0 Å². The van der Waals surface area contributed by atoms with Crippen molar-refractivity contribution in [2.24, 2.45) is 5.92 Å². The highest BCUT2D eigenvalue weighted by atomic mass is 16.5. The van der Waals surface area contributed by atoms with Crippen molar-refractivity contribution in [3.05, 3.63) is 84.0 Å². The van der Waals surface area contributed by atoms with Crippen LogP contribution in [0.15, 0.2) is 67.3 Å². The molecule has 0 unspecified atom stereocenters. The van der Waals surface area contributed by atoms with Crippen molar-refractivity contribution in [2.45, 2.75) is 25.3 Å². The molecule has 2 heteroatoms. The SMILES string of the molecule is C=CCOc1ccc([C@@H]2Nc3ccc(C)cc3[C@@H]3C=CC[C@@H]32)cc1. The first-order valence-electron chi connectivity index (χ1n) is 8.63. The van der Waals surface area contributed by atoms with Crippen molar-refractivity contribution in [3.63, 3.8) is 0 Å². The van der Waals surface area contributed by atoms with E-state index >= 15 is 0 Å². The molecule has 1 heterocycles. The summed E-state index contributed by atoms with van der Waals surface area (Å²) in [5.74, 6) is 1.99. The van der Waals surface area contributed by atoms with Gasteiger partial charge in [0.1, 0.15) is 12.4 Å². The average Bonchev–Trinajstić information content (AvgIpc) is 3.10. The quantitative estimate of drug-likeness (QED) is 0.764. The lowest BCUT2D eigenvalue weighted by Crippen LogP contribution is -2.29. The topological polar surface area (TPSA) is 21.3 Å². The molecule has 2 aromatic rings. The molecule has 4 rings (SSSR count). The largest absolute Gasteiger partial charge is 0.490 e. The van der Waals surface area contributed by atoms with E-state index in [2.05, 4.69) is 73.4 Å². The van der Waals surface area contributed by atoms with Crippen LogP contribution < -0.4 is 10.1 Å². The van der Waals surface area contributed by atoms with Gasteiger partial charge in [-0.25, -0.2) is 0 Å². The van der Waals surface area contributed by atoms with E-state index in [0.29, 0.717) is 24.5 Å². The minimum Gasteiger partial charge on any atom is -0.490 e. The van der Waals surface area contributed by atoms with Crippen LogP contribution >= 0.6 is 0 Å². The number of benzene rings is 2. The Morgan fingerprint density at radius 1 is 1.21 bits per heavy atom. The summed E-state index contributed by atoms with van der Waals surface area (Å²) in [5.41, 5.74) is 5.36. The summed E-state index contributed by atoms with van der Waals surface area (Å²) < 4.78 is 5.60. The van der Waals surface area contributed by atoms with Gasteiger partial charge in [-0.3, -0.25) is 0 Å². The molecule has 2 aliphatic rings. The predicted octanol–water partition coefficient (Wildman–Crippen LogP) is 5.39. The van der Waals surface area contributed by atoms with Crippen molar-refractivity contribution in [2.75, 3.05) is 11.9 Å². The molecule has 0 fully saturated rings. The number of hydrogen-bond donors (Lipinski definition) is 1. The maximum atomic E-state index is 5.60. The maximum absolute atomic E-state index is 5.60. The molecule has 3 atom stereocenters. The van der Waals surface area contributed by atoms with Crippen LogP contribution in [0.25, 0.3) is 0 Å². The highest BCUT2D eigenvalue weighted by molar-refractivity contribution is 5.60. The summed E-state index contributed by atoms with van der Waals surface area (Å²) in [5, 5.41) is 3.78. The summed E-state index contributed by atoms with van der Waals surface area (Å²) in [4.78, 5) is 0. The van der Waals surface area contributed by atoms with Gasteiger partial charge in [-0.1, -0.05) is 54.6 Å². The van der Waals surface area contributed by atoms with E-state index in [4.69, 9.17) is 4.74 Å². The minimum atomic E-state index is 0.341. The molecule has 1 aliphatic heterocycles. The maximum Gasteiger partial charge on any atom is 0.119 e. The number of allylic oxidation sites excluding steroid dienone is 2. The average molecular weight is 317 g/mol. The van der Waals surface area contributed by atoms with E-state index in [9.17, 15) is 0 Å². The monoisotopic (exact) mass is 317 g/mol. The molecule has 0 aromatic heterocycles. The van der Waals surface area contributed by atoms with Gasteiger partial charge in [-0.15, -0.1) is 0 Å². The molecule has 122 valence electrons. The van der Waals surface area contributed by atoms with Gasteiger partial charge >= 0.3 is 0 Å². The Bertz CT molecular complexity index is 775. The zero-order valence-corrected chi connectivity index (χ0v) is 14.0. The fourth-order valence-corrected chi connectivity index (χ4v) is 3.97. The molecule has 2 aromatic carbocycles. The zero-order chi connectivity index (χ0) is 16.5. The van der Waals surface area contributed by atoms with Crippen LogP contribution in [-0.2, 0) is 0 Å². The number of anilines is 1. The highest BCUT2D eigenvalue weighted by Crippen LogP contribution is 2.49. The lowest BCUT2D eigenvalue weighted by molar-refractivity contribution is 0.362. The Hall–Kier alpha value is -2.48. The molecule has 0 saturated carbocycles. The van der Waals surface area contributed by atoms with E-state index < -0.39 is 0 Å². The molecular weight excluding hydrogens is 294 g/mol. The highest BCUT2D eigenvalue weighted by Gasteiger charge is 2.37. The van der Waals surface area contributed by atoms with Crippen molar-refractivity contribution in [3.8, 4) is 5.75 Å². The lowest BCUT2D eigenvalue weighted by atomic mass is 9.76. The van der Waals surface area contributed by atoms with Gasteiger partial charge in [0.25, 0.3) is 0 Å². The molecular formula is C22H23NO. The molecule has 0 spiro atoms. The van der Waals surface area contributed by atoms with Gasteiger partial charge in [0.15, 0.2) is 0 Å².